The van der Waals surface area contributed by atoms with Crippen molar-refractivity contribution in [3.05, 3.63) is 65.2 Å². The third-order valence-corrected chi connectivity index (χ3v) is 4.39. The summed E-state index contributed by atoms with van der Waals surface area (Å²) in [5, 5.41) is 0. The number of anilines is 1. The fraction of sp³-hybridized carbons (Fsp3) is 0.350. The smallest absolute Gasteiger partial charge is 0.231 e. The van der Waals surface area contributed by atoms with Gasteiger partial charge in [0.1, 0.15) is 0 Å². The van der Waals surface area contributed by atoms with E-state index in [1.807, 2.05) is 35.2 Å². The Morgan fingerprint density at radius 2 is 1.91 bits per heavy atom. The number of fused-ring (bicyclic) bond motifs is 1. The van der Waals surface area contributed by atoms with Crippen LogP contribution in [-0.4, -0.2) is 12.5 Å². The third kappa shape index (κ3) is 3.06. The molecule has 0 N–H and O–H groups in total. The van der Waals surface area contributed by atoms with Crippen LogP contribution >= 0.6 is 0 Å². The van der Waals surface area contributed by atoms with Crippen LogP contribution in [0.1, 0.15) is 42.9 Å². The van der Waals surface area contributed by atoms with Crippen molar-refractivity contribution in [1.82, 2.24) is 0 Å². The zero-order chi connectivity index (χ0) is 15.5. The lowest BCUT2D eigenvalue weighted by atomic mass is 9.94. The van der Waals surface area contributed by atoms with E-state index in [1.165, 1.54) is 11.1 Å². The molecule has 2 aromatic rings. The van der Waals surface area contributed by atoms with Gasteiger partial charge in [-0.3, -0.25) is 4.79 Å². The largest absolute Gasteiger partial charge is 0.312 e. The molecule has 114 valence electrons. The molecule has 0 unspecified atom stereocenters. The molecule has 2 aromatic carbocycles. The van der Waals surface area contributed by atoms with Crippen LogP contribution in [0.3, 0.4) is 0 Å². The Morgan fingerprint density at radius 3 is 2.64 bits per heavy atom. The maximum atomic E-state index is 12.7. The number of carbonyl (C=O) groups is 1. The normalized spacial score (nSPS) is 14.0. The van der Waals surface area contributed by atoms with Gasteiger partial charge in [-0.05, 0) is 41.5 Å². The van der Waals surface area contributed by atoms with Crippen LogP contribution in [0.5, 0.6) is 0 Å². The van der Waals surface area contributed by atoms with Crippen LogP contribution in [0.2, 0.25) is 0 Å². The number of rotatable bonds is 3. The SMILES string of the molecule is CC(C)c1ccc2c(c1)CCCN2C(=O)Cc1ccccc1. The Hall–Kier alpha value is -2.09. The van der Waals surface area contributed by atoms with Gasteiger partial charge in [0.05, 0.1) is 6.42 Å². The number of benzene rings is 2. The Labute approximate surface area is 132 Å². The number of nitrogens with zero attached hydrogens (tertiary/aromatic N) is 1. The maximum absolute atomic E-state index is 12.7. The molecule has 3 rings (SSSR count). The highest BCUT2D eigenvalue weighted by molar-refractivity contribution is 5.96. The van der Waals surface area contributed by atoms with Crippen molar-refractivity contribution in [1.29, 1.82) is 0 Å². The van der Waals surface area contributed by atoms with Crippen LogP contribution < -0.4 is 4.90 Å². The number of aryl methyl sites for hydroxylation is 1. The average molecular weight is 293 g/mol. The molecule has 2 heteroatoms. The first kappa shape index (κ1) is 14.8. The van der Waals surface area contributed by atoms with Gasteiger partial charge in [0.25, 0.3) is 0 Å². The topological polar surface area (TPSA) is 20.3 Å². The summed E-state index contributed by atoms with van der Waals surface area (Å²) in [6.45, 7) is 5.26. The molecule has 1 aliphatic rings. The molecule has 1 heterocycles. The molecule has 0 spiro atoms. The van der Waals surface area contributed by atoms with Crippen molar-refractivity contribution in [3.8, 4) is 0 Å². The molecule has 0 bridgehead atoms. The summed E-state index contributed by atoms with van der Waals surface area (Å²) in [5.41, 5.74) is 4.87. The second-order valence-electron chi connectivity index (χ2n) is 6.35. The molecule has 0 atom stereocenters. The average Bonchev–Trinajstić information content (AvgIpc) is 2.54. The highest BCUT2D eigenvalue weighted by Gasteiger charge is 2.22. The maximum Gasteiger partial charge on any atom is 0.231 e. The van der Waals surface area contributed by atoms with Crippen molar-refractivity contribution in [2.45, 2.75) is 39.0 Å². The van der Waals surface area contributed by atoms with Gasteiger partial charge in [-0.2, -0.15) is 0 Å². The first-order valence-electron chi connectivity index (χ1n) is 8.12. The standard InChI is InChI=1S/C20H23NO/c1-15(2)17-10-11-19-18(14-17)9-6-12-21(19)20(22)13-16-7-4-3-5-8-16/h3-5,7-8,10-11,14-15H,6,9,12-13H2,1-2H3. The Balaban J connectivity index is 1.83. The minimum atomic E-state index is 0.199. The van der Waals surface area contributed by atoms with Crippen molar-refractivity contribution in [2.24, 2.45) is 0 Å². The van der Waals surface area contributed by atoms with Gasteiger partial charge in [-0.25, -0.2) is 0 Å². The van der Waals surface area contributed by atoms with Gasteiger partial charge >= 0.3 is 0 Å². The summed E-state index contributed by atoms with van der Waals surface area (Å²) in [7, 11) is 0. The number of amides is 1. The van der Waals surface area contributed by atoms with Crippen molar-refractivity contribution in [3.63, 3.8) is 0 Å². The van der Waals surface area contributed by atoms with E-state index < -0.39 is 0 Å². The van der Waals surface area contributed by atoms with Crippen molar-refractivity contribution < 1.29 is 4.79 Å². The van der Waals surface area contributed by atoms with Crippen LogP contribution in [0.4, 0.5) is 5.69 Å². The van der Waals surface area contributed by atoms with Crippen LogP contribution in [0.25, 0.3) is 0 Å². The molecule has 22 heavy (non-hydrogen) atoms. The number of hydrogen-bond donors (Lipinski definition) is 0. The number of carbonyl (C=O) groups excluding carboxylic acids is 1. The highest BCUT2D eigenvalue weighted by Crippen LogP contribution is 2.30. The van der Waals surface area contributed by atoms with E-state index in [4.69, 9.17) is 0 Å². The summed E-state index contributed by atoms with van der Waals surface area (Å²) in [5.74, 6) is 0.727. The van der Waals surface area contributed by atoms with Gasteiger partial charge in [0, 0.05) is 12.2 Å². The summed E-state index contributed by atoms with van der Waals surface area (Å²) < 4.78 is 0. The van der Waals surface area contributed by atoms with Crippen LogP contribution in [-0.2, 0) is 17.6 Å². The number of hydrogen-bond acceptors (Lipinski definition) is 1. The Morgan fingerprint density at radius 1 is 1.14 bits per heavy atom. The predicted molar refractivity (Wildman–Crippen MR) is 91.4 cm³/mol. The summed E-state index contributed by atoms with van der Waals surface area (Å²) in [6.07, 6.45) is 2.60. The fourth-order valence-electron chi connectivity index (χ4n) is 3.10. The Bertz CT molecular complexity index is 661. The second kappa shape index (κ2) is 6.35. The van der Waals surface area contributed by atoms with E-state index in [0.717, 1.165) is 30.6 Å². The molecule has 0 aliphatic carbocycles. The van der Waals surface area contributed by atoms with Gasteiger partial charge in [-0.15, -0.1) is 0 Å². The highest BCUT2D eigenvalue weighted by atomic mass is 16.2. The molecule has 0 saturated carbocycles. The first-order valence-corrected chi connectivity index (χ1v) is 8.12. The second-order valence-corrected chi connectivity index (χ2v) is 6.35. The lowest BCUT2D eigenvalue weighted by molar-refractivity contribution is -0.118. The van der Waals surface area contributed by atoms with E-state index in [-0.39, 0.29) is 5.91 Å². The quantitative estimate of drug-likeness (QED) is 0.824. The van der Waals surface area contributed by atoms with E-state index >= 15 is 0 Å². The summed E-state index contributed by atoms with van der Waals surface area (Å²) in [4.78, 5) is 14.6. The van der Waals surface area contributed by atoms with Crippen LogP contribution in [0.15, 0.2) is 48.5 Å². The van der Waals surface area contributed by atoms with Crippen molar-refractivity contribution >= 4 is 11.6 Å². The van der Waals surface area contributed by atoms with Crippen molar-refractivity contribution in [2.75, 3.05) is 11.4 Å². The monoisotopic (exact) mass is 293 g/mol. The van der Waals surface area contributed by atoms with Gasteiger partial charge in [-0.1, -0.05) is 56.3 Å². The third-order valence-electron chi connectivity index (χ3n) is 4.39. The minimum absolute atomic E-state index is 0.199. The lowest BCUT2D eigenvalue weighted by Crippen LogP contribution is -2.36. The van der Waals surface area contributed by atoms with E-state index in [0.29, 0.717) is 12.3 Å². The van der Waals surface area contributed by atoms with E-state index in [9.17, 15) is 4.79 Å². The van der Waals surface area contributed by atoms with Crippen LogP contribution in [0, 0.1) is 0 Å². The molecule has 0 radical (unpaired) electrons. The molecule has 1 aliphatic heterocycles. The van der Waals surface area contributed by atoms with E-state index in [1.54, 1.807) is 0 Å². The molecule has 0 fully saturated rings. The molecule has 0 aromatic heterocycles. The molecular weight excluding hydrogens is 270 g/mol. The molecule has 0 saturated heterocycles. The minimum Gasteiger partial charge on any atom is -0.312 e. The summed E-state index contributed by atoms with van der Waals surface area (Å²) >= 11 is 0. The van der Waals surface area contributed by atoms with E-state index in [2.05, 4.69) is 32.0 Å². The lowest BCUT2D eigenvalue weighted by Gasteiger charge is -2.30. The molecule has 2 nitrogen and oxygen atoms in total. The first-order chi connectivity index (χ1) is 10.6. The molecule has 1 amide bonds. The van der Waals surface area contributed by atoms with Gasteiger partial charge in [0.2, 0.25) is 5.91 Å². The summed E-state index contributed by atoms with van der Waals surface area (Å²) in [6, 6.07) is 16.6. The van der Waals surface area contributed by atoms with Gasteiger partial charge in [0.15, 0.2) is 0 Å². The van der Waals surface area contributed by atoms with Gasteiger partial charge < -0.3 is 4.90 Å². The Kier molecular flexibility index (Phi) is 4.28. The molecular formula is C20H23NO. The fourth-order valence-corrected chi connectivity index (χ4v) is 3.10. The zero-order valence-corrected chi connectivity index (χ0v) is 13.4. The zero-order valence-electron chi connectivity index (χ0n) is 13.4. The predicted octanol–water partition coefficient (Wildman–Crippen LogP) is 4.33.